The Balaban J connectivity index is 1.70. The largest absolute Gasteiger partial charge is 0.465 e. The van der Waals surface area contributed by atoms with Crippen LogP contribution in [0.2, 0.25) is 0 Å². The van der Waals surface area contributed by atoms with Gasteiger partial charge in [-0.1, -0.05) is 30.3 Å². The van der Waals surface area contributed by atoms with Crippen LogP contribution in [0.1, 0.15) is 32.0 Å². The molecule has 0 bridgehead atoms. The highest BCUT2D eigenvalue weighted by Crippen LogP contribution is 2.30. The molecule has 7 nitrogen and oxygen atoms in total. The van der Waals surface area contributed by atoms with Crippen molar-refractivity contribution < 1.29 is 27.5 Å². The molecule has 0 radical (unpaired) electrons. The van der Waals surface area contributed by atoms with Crippen molar-refractivity contribution in [3.05, 3.63) is 106 Å². The third kappa shape index (κ3) is 4.91. The van der Waals surface area contributed by atoms with Crippen LogP contribution in [0.25, 0.3) is 16.7 Å². The summed E-state index contributed by atoms with van der Waals surface area (Å²) in [6.45, 7) is 0.0256. The minimum absolute atomic E-state index is 0.0256. The van der Waals surface area contributed by atoms with Gasteiger partial charge in [-0.05, 0) is 48.0 Å². The van der Waals surface area contributed by atoms with E-state index in [1.165, 1.54) is 37.4 Å². The molecule has 0 spiro atoms. The molecule has 4 aromatic rings. The Morgan fingerprint density at radius 1 is 1.00 bits per heavy atom. The second-order valence-electron chi connectivity index (χ2n) is 7.51. The van der Waals surface area contributed by atoms with Crippen molar-refractivity contribution >= 4 is 22.9 Å². The van der Waals surface area contributed by atoms with E-state index in [0.717, 1.165) is 16.7 Å². The average Bonchev–Trinajstić information content (AvgIpc) is 2.86. The van der Waals surface area contributed by atoms with Gasteiger partial charge in [0.1, 0.15) is 0 Å². The van der Waals surface area contributed by atoms with E-state index in [0.29, 0.717) is 11.1 Å². The number of rotatable bonds is 5. The molecule has 3 aromatic carbocycles. The molecule has 0 aliphatic carbocycles. The Hall–Kier alpha value is -4.47. The van der Waals surface area contributed by atoms with E-state index in [9.17, 15) is 27.6 Å². The number of alkyl halides is 3. The highest BCUT2D eigenvalue weighted by molar-refractivity contribution is 5.94. The molecule has 0 saturated heterocycles. The molecule has 1 N–H and O–H groups in total. The summed E-state index contributed by atoms with van der Waals surface area (Å²) >= 11 is 0. The van der Waals surface area contributed by atoms with Crippen molar-refractivity contribution in [3.63, 3.8) is 0 Å². The number of benzene rings is 3. The third-order valence-electron chi connectivity index (χ3n) is 5.24. The summed E-state index contributed by atoms with van der Waals surface area (Å²) in [4.78, 5) is 41.8. The summed E-state index contributed by atoms with van der Waals surface area (Å²) in [6, 6.07) is 16.9. The summed E-state index contributed by atoms with van der Waals surface area (Å²) < 4.78 is 45.5. The number of fused-ring (bicyclic) bond motifs is 1. The van der Waals surface area contributed by atoms with Gasteiger partial charge in [-0.2, -0.15) is 13.2 Å². The molecular weight excluding hydrogens is 463 g/mol. The molecule has 35 heavy (non-hydrogen) atoms. The van der Waals surface area contributed by atoms with Gasteiger partial charge in [-0.15, -0.1) is 0 Å². The molecule has 0 unspecified atom stereocenters. The first-order valence-electron chi connectivity index (χ1n) is 10.3. The molecule has 1 aromatic heterocycles. The second-order valence-corrected chi connectivity index (χ2v) is 7.51. The van der Waals surface area contributed by atoms with Crippen LogP contribution in [-0.2, 0) is 17.5 Å². The predicted molar refractivity (Wildman–Crippen MR) is 121 cm³/mol. The minimum Gasteiger partial charge on any atom is -0.465 e. The fourth-order valence-corrected chi connectivity index (χ4v) is 3.50. The highest BCUT2D eigenvalue weighted by atomic mass is 19.4. The lowest BCUT2D eigenvalue weighted by Gasteiger charge is -2.14. The van der Waals surface area contributed by atoms with Crippen molar-refractivity contribution in [3.8, 4) is 5.69 Å². The monoisotopic (exact) mass is 481 g/mol. The Morgan fingerprint density at radius 2 is 1.71 bits per heavy atom. The van der Waals surface area contributed by atoms with E-state index >= 15 is 0 Å². The molecule has 0 atom stereocenters. The van der Waals surface area contributed by atoms with Gasteiger partial charge in [0.2, 0.25) is 0 Å². The van der Waals surface area contributed by atoms with Gasteiger partial charge in [-0.25, -0.2) is 9.78 Å². The number of aromatic nitrogens is 2. The van der Waals surface area contributed by atoms with Crippen LogP contribution in [0, 0.1) is 0 Å². The molecule has 178 valence electrons. The van der Waals surface area contributed by atoms with E-state index in [-0.39, 0.29) is 23.3 Å². The summed E-state index contributed by atoms with van der Waals surface area (Å²) in [7, 11) is 1.26. The number of carbonyl (C=O) groups excluding carboxylic acids is 2. The molecule has 1 heterocycles. The maximum atomic E-state index is 13.3. The average molecular weight is 481 g/mol. The van der Waals surface area contributed by atoms with Crippen LogP contribution in [0.15, 0.2) is 77.6 Å². The van der Waals surface area contributed by atoms with Gasteiger partial charge in [0.05, 0.1) is 29.3 Å². The molecule has 0 aliphatic rings. The zero-order valence-corrected chi connectivity index (χ0v) is 18.3. The van der Waals surface area contributed by atoms with Crippen LogP contribution in [-0.4, -0.2) is 28.5 Å². The number of hydrogen-bond acceptors (Lipinski definition) is 5. The normalized spacial score (nSPS) is 11.3. The summed E-state index contributed by atoms with van der Waals surface area (Å²) in [6.07, 6.45) is -4.61. The van der Waals surface area contributed by atoms with Gasteiger partial charge >= 0.3 is 12.1 Å². The molecular formula is C25H18F3N3O4. The molecule has 0 aliphatic heterocycles. The first kappa shape index (κ1) is 23.7. The predicted octanol–water partition coefficient (Wildman–Crippen LogP) is 4.12. The topological polar surface area (TPSA) is 90.3 Å². The minimum atomic E-state index is -4.61. The number of hydrogen-bond donors (Lipinski definition) is 1. The highest BCUT2D eigenvalue weighted by Gasteiger charge is 2.31. The fraction of sp³-hybridized carbons (Fsp3) is 0.120. The number of halogens is 3. The third-order valence-corrected chi connectivity index (χ3v) is 5.24. The van der Waals surface area contributed by atoms with Crippen molar-refractivity contribution in [2.24, 2.45) is 0 Å². The van der Waals surface area contributed by atoms with Gasteiger partial charge in [-0.3, -0.25) is 14.2 Å². The number of methoxy groups -OCH3 is 1. The van der Waals surface area contributed by atoms with Crippen LogP contribution in [0.3, 0.4) is 0 Å². The van der Waals surface area contributed by atoms with E-state index in [2.05, 4.69) is 15.0 Å². The van der Waals surface area contributed by atoms with Crippen molar-refractivity contribution in [2.75, 3.05) is 7.11 Å². The number of nitrogens with zero attached hydrogens (tertiary/aromatic N) is 2. The van der Waals surface area contributed by atoms with Crippen LogP contribution < -0.4 is 10.9 Å². The van der Waals surface area contributed by atoms with Gasteiger partial charge < -0.3 is 10.1 Å². The molecule has 0 fully saturated rings. The summed E-state index contributed by atoms with van der Waals surface area (Å²) in [5.41, 5.74) is -0.800. The van der Waals surface area contributed by atoms with Crippen LogP contribution in [0.4, 0.5) is 13.2 Å². The lowest BCUT2D eigenvalue weighted by atomic mass is 10.1. The van der Waals surface area contributed by atoms with E-state index in [4.69, 9.17) is 0 Å². The number of carbonyl (C=O) groups is 2. The molecule has 0 saturated carbocycles. The molecule has 1 amide bonds. The van der Waals surface area contributed by atoms with E-state index in [1.807, 2.05) is 0 Å². The van der Waals surface area contributed by atoms with Gasteiger partial charge in [0, 0.05) is 12.2 Å². The Morgan fingerprint density at radius 3 is 2.40 bits per heavy atom. The Kier molecular flexibility index (Phi) is 6.37. The standard InChI is InChI=1S/C25H18F3N3O4/c1-35-24(34)16-11-9-15(10-12-16)14-29-22(32)21-23(33)31(20-8-3-2-7-19(20)30-21)18-6-4-5-17(13-18)25(26,27)28/h2-13H,14H2,1H3,(H,29,32). The number of para-hydroxylation sites is 2. The molecule has 10 heteroatoms. The first-order valence-corrected chi connectivity index (χ1v) is 10.3. The number of amides is 1. The lowest BCUT2D eigenvalue weighted by Crippen LogP contribution is -2.34. The number of ether oxygens (including phenoxy) is 1. The smallest absolute Gasteiger partial charge is 0.416 e. The van der Waals surface area contributed by atoms with Crippen LogP contribution >= 0.6 is 0 Å². The zero-order valence-electron chi connectivity index (χ0n) is 18.3. The Bertz CT molecular complexity index is 1480. The van der Waals surface area contributed by atoms with Crippen molar-refractivity contribution in [2.45, 2.75) is 12.7 Å². The Labute approximate surface area is 196 Å². The summed E-state index contributed by atoms with van der Waals surface area (Å²) in [5, 5.41) is 2.59. The van der Waals surface area contributed by atoms with Crippen molar-refractivity contribution in [1.29, 1.82) is 0 Å². The quantitative estimate of drug-likeness (QED) is 0.433. The number of nitrogens with one attached hydrogen (secondary N) is 1. The maximum Gasteiger partial charge on any atom is 0.416 e. The van der Waals surface area contributed by atoms with E-state index in [1.54, 1.807) is 30.3 Å². The SMILES string of the molecule is COC(=O)c1ccc(CNC(=O)c2nc3ccccc3n(-c3cccc(C(F)(F)F)c3)c2=O)cc1. The molecule has 4 rings (SSSR count). The maximum absolute atomic E-state index is 13.3. The number of esters is 1. The first-order chi connectivity index (χ1) is 16.7. The second kappa shape index (κ2) is 9.41. The van der Waals surface area contributed by atoms with Gasteiger partial charge in [0.25, 0.3) is 11.5 Å². The lowest BCUT2D eigenvalue weighted by molar-refractivity contribution is -0.137. The fourth-order valence-electron chi connectivity index (χ4n) is 3.50. The van der Waals surface area contributed by atoms with Crippen molar-refractivity contribution in [1.82, 2.24) is 14.9 Å². The zero-order chi connectivity index (χ0) is 25.2. The van der Waals surface area contributed by atoms with Gasteiger partial charge in [0.15, 0.2) is 5.69 Å². The van der Waals surface area contributed by atoms with Crippen LogP contribution in [0.5, 0.6) is 0 Å². The summed E-state index contributed by atoms with van der Waals surface area (Å²) in [5.74, 6) is -1.30. The van der Waals surface area contributed by atoms with E-state index < -0.39 is 34.9 Å².